The van der Waals surface area contributed by atoms with Crippen LogP contribution in [0.2, 0.25) is 0 Å². The Morgan fingerprint density at radius 2 is 1.64 bits per heavy atom. The van der Waals surface area contributed by atoms with E-state index in [0.29, 0.717) is 26.2 Å². The smallest absolute Gasteiger partial charge is 0.303 e. The van der Waals surface area contributed by atoms with Gasteiger partial charge < -0.3 is 14.6 Å². The molecule has 84 valence electrons. The van der Waals surface area contributed by atoms with Crippen molar-refractivity contribution in [2.24, 2.45) is 0 Å². The second-order valence-electron chi connectivity index (χ2n) is 3.08. The van der Waals surface area contributed by atoms with Crippen LogP contribution in [0.4, 0.5) is 0 Å². The minimum absolute atomic E-state index is 0.177. The molecule has 0 saturated carbocycles. The Bertz CT molecular complexity index is 136. The molecular formula is C10H20O4. The molecular weight excluding hydrogens is 184 g/mol. The fraction of sp³-hybridized carbons (Fsp3) is 0.900. The zero-order chi connectivity index (χ0) is 10.6. The molecule has 0 spiro atoms. The van der Waals surface area contributed by atoms with Gasteiger partial charge >= 0.3 is 5.97 Å². The van der Waals surface area contributed by atoms with Gasteiger partial charge in [-0.05, 0) is 12.8 Å². The van der Waals surface area contributed by atoms with Crippen molar-refractivity contribution in [1.29, 1.82) is 0 Å². The van der Waals surface area contributed by atoms with Gasteiger partial charge in [-0.15, -0.1) is 0 Å². The number of carbonyl (C=O) groups is 1. The van der Waals surface area contributed by atoms with E-state index in [-0.39, 0.29) is 6.42 Å². The molecule has 0 atom stereocenters. The highest BCUT2D eigenvalue weighted by molar-refractivity contribution is 5.66. The van der Waals surface area contributed by atoms with Crippen molar-refractivity contribution in [2.45, 2.75) is 32.6 Å². The van der Waals surface area contributed by atoms with Crippen molar-refractivity contribution in [2.75, 3.05) is 26.4 Å². The van der Waals surface area contributed by atoms with Crippen LogP contribution in [0.3, 0.4) is 0 Å². The lowest BCUT2D eigenvalue weighted by Gasteiger charge is -2.04. The Labute approximate surface area is 85.2 Å². The Hall–Kier alpha value is -0.610. The third-order valence-electron chi connectivity index (χ3n) is 1.69. The average molecular weight is 204 g/mol. The largest absolute Gasteiger partial charge is 0.481 e. The molecule has 14 heavy (non-hydrogen) atoms. The van der Waals surface area contributed by atoms with Crippen molar-refractivity contribution in [1.82, 2.24) is 0 Å². The highest BCUT2D eigenvalue weighted by atomic mass is 16.5. The van der Waals surface area contributed by atoms with Gasteiger partial charge in [-0.2, -0.15) is 0 Å². The van der Waals surface area contributed by atoms with E-state index in [1.165, 1.54) is 0 Å². The zero-order valence-electron chi connectivity index (χ0n) is 8.83. The van der Waals surface area contributed by atoms with E-state index in [0.717, 1.165) is 19.4 Å². The van der Waals surface area contributed by atoms with E-state index in [4.69, 9.17) is 14.6 Å². The van der Waals surface area contributed by atoms with Crippen LogP contribution in [0.25, 0.3) is 0 Å². The molecule has 0 aromatic carbocycles. The minimum Gasteiger partial charge on any atom is -0.481 e. The first-order valence-electron chi connectivity index (χ1n) is 5.14. The Balaban J connectivity index is 2.88. The monoisotopic (exact) mass is 204 g/mol. The quantitative estimate of drug-likeness (QED) is 0.550. The molecule has 4 nitrogen and oxygen atoms in total. The van der Waals surface area contributed by atoms with Crippen LogP contribution < -0.4 is 0 Å². The normalized spacial score (nSPS) is 10.4. The van der Waals surface area contributed by atoms with Gasteiger partial charge in [0.25, 0.3) is 0 Å². The maximum absolute atomic E-state index is 10.1. The maximum atomic E-state index is 10.1. The first-order chi connectivity index (χ1) is 6.77. The topological polar surface area (TPSA) is 55.8 Å². The van der Waals surface area contributed by atoms with E-state index in [9.17, 15) is 4.79 Å². The van der Waals surface area contributed by atoms with Crippen LogP contribution in [0.5, 0.6) is 0 Å². The third-order valence-corrected chi connectivity index (χ3v) is 1.69. The first-order valence-corrected chi connectivity index (χ1v) is 5.14. The number of unbranched alkanes of at least 4 members (excludes halogenated alkanes) is 1. The van der Waals surface area contributed by atoms with Gasteiger partial charge in [0.15, 0.2) is 0 Å². The fourth-order valence-electron chi connectivity index (χ4n) is 0.894. The zero-order valence-corrected chi connectivity index (χ0v) is 8.83. The predicted molar refractivity (Wildman–Crippen MR) is 53.4 cm³/mol. The molecule has 0 bridgehead atoms. The summed E-state index contributed by atoms with van der Waals surface area (Å²) < 4.78 is 10.4. The average Bonchev–Trinajstić information content (AvgIpc) is 2.15. The van der Waals surface area contributed by atoms with Gasteiger partial charge in [-0.3, -0.25) is 4.79 Å². The standard InChI is InChI=1S/C10H20O4/c1-2-3-6-13-8-9-14-7-4-5-10(11)12/h2-9H2,1H3,(H,11,12). The maximum Gasteiger partial charge on any atom is 0.303 e. The number of hydrogen-bond acceptors (Lipinski definition) is 3. The molecule has 0 rings (SSSR count). The molecule has 0 aromatic rings. The van der Waals surface area contributed by atoms with Crippen molar-refractivity contribution in [3.05, 3.63) is 0 Å². The summed E-state index contributed by atoms with van der Waals surface area (Å²) in [5.41, 5.74) is 0. The molecule has 0 amide bonds. The van der Waals surface area contributed by atoms with E-state index < -0.39 is 5.97 Å². The van der Waals surface area contributed by atoms with Crippen molar-refractivity contribution in [3.63, 3.8) is 0 Å². The molecule has 0 aromatic heterocycles. The van der Waals surface area contributed by atoms with Gasteiger partial charge in [-0.1, -0.05) is 13.3 Å². The van der Waals surface area contributed by atoms with Crippen molar-refractivity contribution >= 4 is 5.97 Å². The molecule has 0 fully saturated rings. The lowest BCUT2D eigenvalue weighted by molar-refractivity contribution is -0.137. The highest BCUT2D eigenvalue weighted by Gasteiger charge is 1.95. The molecule has 0 unspecified atom stereocenters. The molecule has 4 heteroatoms. The second-order valence-corrected chi connectivity index (χ2v) is 3.08. The van der Waals surface area contributed by atoms with Crippen molar-refractivity contribution in [3.8, 4) is 0 Å². The number of carboxylic acid groups (broad SMARTS) is 1. The summed E-state index contributed by atoms with van der Waals surface area (Å²) in [4.78, 5) is 10.1. The van der Waals surface area contributed by atoms with E-state index in [1.54, 1.807) is 0 Å². The first kappa shape index (κ1) is 13.4. The van der Waals surface area contributed by atoms with Gasteiger partial charge in [0.2, 0.25) is 0 Å². The lowest BCUT2D eigenvalue weighted by atomic mass is 10.3. The summed E-state index contributed by atoms with van der Waals surface area (Å²) in [7, 11) is 0. The second kappa shape index (κ2) is 10.5. The molecule has 0 aliphatic heterocycles. The fourth-order valence-corrected chi connectivity index (χ4v) is 0.894. The molecule has 1 N–H and O–H groups in total. The third kappa shape index (κ3) is 11.4. The molecule has 0 saturated heterocycles. The van der Waals surface area contributed by atoms with Crippen LogP contribution in [-0.4, -0.2) is 37.5 Å². The number of ether oxygens (including phenoxy) is 2. The highest BCUT2D eigenvalue weighted by Crippen LogP contribution is 1.91. The van der Waals surface area contributed by atoms with E-state index in [1.807, 2.05) is 0 Å². The SMILES string of the molecule is CCCCOCCOCCCC(=O)O. The summed E-state index contributed by atoms with van der Waals surface area (Å²) >= 11 is 0. The van der Waals surface area contributed by atoms with Crippen LogP contribution in [0.1, 0.15) is 32.6 Å². The van der Waals surface area contributed by atoms with Crippen molar-refractivity contribution < 1.29 is 19.4 Å². The Morgan fingerprint density at radius 3 is 2.14 bits per heavy atom. The lowest BCUT2D eigenvalue weighted by Crippen LogP contribution is -2.07. The summed E-state index contributed by atoms with van der Waals surface area (Å²) in [5.74, 6) is -0.771. The molecule has 0 aliphatic rings. The predicted octanol–water partition coefficient (Wildman–Crippen LogP) is 1.68. The molecule has 0 heterocycles. The van der Waals surface area contributed by atoms with Gasteiger partial charge in [-0.25, -0.2) is 0 Å². The number of rotatable bonds is 10. The summed E-state index contributed by atoms with van der Waals surface area (Å²) in [5, 5.41) is 8.33. The van der Waals surface area contributed by atoms with Crippen LogP contribution in [-0.2, 0) is 14.3 Å². The van der Waals surface area contributed by atoms with E-state index >= 15 is 0 Å². The van der Waals surface area contributed by atoms with Crippen LogP contribution in [0, 0.1) is 0 Å². The number of carboxylic acids is 1. The number of aliphatic carboxylic acids is 1. The van der Waals surface area contributed by atoms with E-state index in [2.05, 4.69) is 6.92 Å². The minimum atomic E-state index is -0.771. The van der Waals surface area contributed by atoms with Gasteiger partial charge in [0.1, 0.15) is 0 Å². The Morgan fingerprint density at radius 1 is 1.07 bits per heavy atom. The van der Waals surface area contributed by atoms with Gasteiger partial charge in [0.05, 0.1) is 13.2 Å². The van der Waals surface area contributed by atoms with Crippen LogP contribution >= 0.6 is 0 Å². The summed E-state index contributed by atoms with van der Waals surface area (Å²) in [6, 6.07) is 0. The molecule has 0 radical (unpaired) electrons. The number of hydrogen-bond donors (Lipinski definition) is 1. The van der Waals surface area contributed by atoms with Gasteiger partial charge in [0, 0.05) is 19.6 Å². The van der Waals surface area contributed by atoms with Crippen LogP contribution in [0.15, 0.2) is 0 Å². The Kier molecular flexibility index (Phi) is 10.0. The summed E-state index contributed by atoms with van der Waals surface area (Å²) in [6.07, 6.45) is 2.97. The molecule has 0 aliphatic carbocycles. The summed E-state index contributed by atoms with van der Waals surface area (Å²) in [6.45, 7) is 4.57.